The van der Waals surface area contributed by atoms with Crippen molar-refractivity contribution in [3.8, 4) is 5.88 Å². The summed E-state index contributed by atoms with van der Waals surface area (Å²) in [5, 5.41) is 2.79. The summed E-state index contributed by atoms with van der Waals surface area (Å²) in [6, 6.07) is 9.01. The second-order valence-corrected chi connectivity index (χ2v) is 9.08. The van der Waals surface area contributed by atoms with Crippen LogP contribution in [-0.2, 0) is 16.4 Å². The van der Waals surface area contributed by atoms with Crippen molar-refractivity contribution in [2.75, 3.05) is 37.0 Å². The Balaban J connectivity index is 1.61. The van der Waals surface area contributed by atoms with Gasteiger partial charge in [-0.25, -0.2) is 18.4 Å². The zero-order valence-electron chi connectivity index (χ0n) is 15.9. The van der Waals surface area contributed by atoms with Crippen molar-refractivity contribution in [3.63, 3.8) is 0 Å². The number of aromatic nitrogens is 3. The van der Waals surface area contributed by atoms with Crippen LogP contribution in [-0.4, -0.2) is 65.3 Å². The molecule has 0 spiro atoms. The van der Waals surface area contributed by atoms with E-state index in [0.717, 1.165) is 11.2 Å². The van der Waals surface area contributed by atoms with Gasteiger partial charge in [-0.1, -0.05) is 6.07 Å². The van der Waals surface area contributed by atoms with Crippen LogP contribution in [0.3, 0.4) is 0 Å². The zero-order valence-corrected chi connectivity index (χ0v) is 16.7. The van der Waals surface area contributed by atoms with E-state index in [1.54, 1.807) is 28.9 Å². The minimum absolute atomic E-state index is 0.146. The molecule has 0 saturated carbocycles. The fraction of sp³-hybridized carbons (Fsp3) is 0.316. The van der Waals surface area contributed by atoms with E-state index < -0.39 is 9.84 Å². The summed E-state index contributed by atoms with van der Waals surface area (Å²) in [4.78, 5) is 23.6. The van der Waals surface area contributed by atoms with Gasteiger partial charge in [0, 0.05) is 32.0 Å². The summed E-state index contributed by atoms with van der Waals surface area (Å²) in [6.45, 7) is 1.40. The molecule has 4 rings (SSSR count). The van der Waals surface area contributed by atoms with Crippen LogP contribution >= 0.6 is 0 Å². The number of carbonyl (C=O) groups excluding carboxylic acids is 1. The van der Waals surface area contributed by atoms with Gasteiger partial charge in [-0.15, -0.1) is 0 Å². The molecule has 1 aliphatic heterocycles. The first kappa shape index (κ1) is 19.3. The van der Waals surface area contributed by atoms with E-state index in [2.05, 4.69) is 15.3 Å². The van der Waals surface area contributed by atoms with Crippen LogP contribution < -0.4 is 10.1 Å². The molecule has 0 unspecified atom stereocenters. The summed E-state index contributed by atoms with van der Waals surface area (Å²) in [5.74, 6) is 0.465. The third-order valence-electron chi connectivity index (χ3n) is 4.85. The Hall–Kier alpha value is -2.98. The number of pyridine rings is 2. The smallest absolute Gasteiger partial charge is 0.292 e. The van der Waals surface area contributed by atoms with Gasteiger partial charge in [0.2, 0.25) is 11.7 Å². The first-order valence-electron chi connectivity index (χ1n) is 9.16. The van der Waals surface area contributed by atoms with Crippen molar-refractivity contribution < 1.29 is 17.9 Å². The molecular formula is C19H21N5O4S. The van der Waals surface area contributed by atoms with Gasteiger partial charge in [0.1, 0.15) is 5.69 Å². The molecular weight excluding hydrogens is 394 g/mol. The summed E-state index contributed by atoms with van der Waals surface area (Å²) in [7, 11) is -1.46. The van der Waals surface area contributed by atoms with Crippen LogP contribution in [0.1, 0.15) is 16.3 Å². The molecule has 4 heterocycles. The number of hydrogen-bond donors (Lipinski definition) is 1. The van der Waals surface area contributed by atoms with E-state index in [4.69, 9.17) is 4.74 Å². The SMILES string of the molecule is COc1ncccc1NC(=O)c1nc(CN2CCS(=O)(=O)CC2)c2ccccn12. The summed E-state index contributed by atoms with van der Waals surface area (Å²) in [5.41, 5.74) is 1.99. The quantitative estimate of drug-likeness (QED) is 0.668. The standard InChI is InChI=1S/C19H21N5O4S/c1-28-19-14(5-4-7-20-19)22-18(25)17-21-15(16-6-2-3-8-24(16)17)13-23-9-11-29(26,27)12-10-23/h2-8H,9-13H2,1H3,(H,22,25). The van der Waals surface area contributed by atoms with E-state index in [1.165, 1.54) is 7.11 Å². The molecule has 1 N–H and O–H groups in total. The third-order valence-corrected chi connectivity index (χ3v) is 6.46. The average molecular weight is 415 g/mol. The zero-order chi connectivity index (χ0) is 20.4. The second-order valence-electron chi connectivity index (χ2n) is 6.78. The van der Waals surface area contributed by atoms with Crippen LogP contribution in [0.2, 0.25) is 0 Å². The van der Waals surface area contributed by atoms with Crippen molar-refractivity contribution >= 4 is 26.9 Å². The van der Waals surface area contributed by atoms with Crippen LogP contribution in [0.4, 0.5) is 5.69 Å². The highest BCUT2D eigenvalue weighted by Gasteiger charge is 2.24. The predicted octanol–water partition coefficient (Wildman–Crippen LogP) is 1.22. The number of carbonyl (C=O) groups is 1. The highest BCUT2D eigenvalue weighted by Crippen LogP contribution is 2.22. The predicted molar refractivity (Wildman–Crippen MR) is 108 cm³/mol. The van der Waals surface area contributed by atoms with E-state index in [-0.39, 0.29) is 23.2 Å². The number of nitrogens with zero attached hydrogens (tertiary/aromatic N) is 4. The molecule has 10 heteroatoms. The molecule has 29 heavy (non-hydrogen) atoms. The highest BCUT2D eigenvalue weighted by molar-refractivity contribution is 7.91. The molecule has 0 aromatic carbocycles. The maximum Gasteiger partial charge on any atom is 0.292 e. The molecule has 0 bridgehead atoms. The Morgan fingerprint density at radius 3 is 2.76 bits per heavy atom. The molecule has 152 valence electrons. The van der Waals surface area contributed by atoms with Gasteiger partial charge >= 0.3 is 0 Å². The largest absolute Gasteiger partial charge is 0.480 e. The molecule has 1 amide bonds. The van der Waals surface area contributed by atoms with E-state index in [9.17, 15) is 13.2 Å². The number of nitrogens with one attached hydrogen (secondary N) is 1. The number of fused-ring (bicyclic) bond motifs is 1. The number of anilines is 1. The molecule has 3 aromatic rings. The van der Waals surface area contributed by atoms with Crippen LogP contribution in [0, 0.1) is 0 Å². The van der Waals surface area contributed by atoms with Gasteiger partial charge in [0.25, 0.3) is 5.91 Å². The van der Waals surface area contributed by atoms with E-state index in [1.807, 2.05) is 23.1 Å². The lowest BCUT2D eigenvalue weighted by Gasteiger charge is -2.25. The van der Waals surface area contributed by atoms with Gasteiger partial charge in [-0.2, -0.15) is 0 Å². The van der Waals surface area contributed by atoms with Crippen molar-refractivity contribution in [3.05, 3.63) is 54.2 Å². The number of sulfone groups is 1. The molecule has 1 fully saturated rings. The Labute approximate surface area is 168 Å². The number of rotatable bonds is 5. The van der Waals surface area contributed by atoms with Crippen molar-refractivity contribution in [2.24, 2.45) is 0 Å². The van der Waals surface area contributed by atoms with Crippen molar-refractivity contribution in [2.45, 2.75) is 6.54 Å². The van der Waals surface area contributed by atoms with Crippen LogP contribution in [0.5, 0.6) is 5.88 Å². The summed E-state index contributed by atoms with van der Waals surface area (Å²) >= 11 is 0. The van der Waals surface area contributed by atoms with Gasteiger partial charge in [0.15, 0.2) is 9.84 Å². The van der Waals surface area contributed by atoms with Crippen molar-refractivity contribution in [1.29, 1.82) is 0 Å². The third kappa shape index (κ3) is 4.08. The first-order chi connectivity index (χ1) is 14.0. The molecule has 9 nitrogen and oxygen atoms in total. The average Bonchev–Trinajstić information content (AvgIpc) is 3.09. The van der Waals surface area contributed by atoms with Crippen LogP contribution in [0.25, 0.3) is 5.52 Å². The number of imidazole rings is 1. The van der Waals surface area contributed by atoms with Gasteiger partial charge in [-0.05, 0) is 24.3 Å². The highest BCUT2D eigenvalue weighted by atomic mass is 32.2. The molecule has 0 atom stereocenters. The molecule has 3 aromatic heterocycles. The Morgan fingerprint density at radius 2 is 2.00 bits per heavy atom. The lowest BCUT2D eigenvalue weighted by molar-refractivity contribution is 0.101. The minimum atomic E-state index is -2.95. The fourth-order valence-electron chi connectivity index (χ4n) is 3.33. The van der Waals surface area contributed by atoms with Crippen molar-refractivity contribution in [1.82, 2.24) is 19.3 Å². The number of hydrogen-bond acceptors (Lipinski definition) is 7. The van der Waals surface area contributed by atoms with Gasteiger partial charge in [-0.3, -0.25) is 14.1 Å². The number of methoxy groups -OCH3 is 1. The molecule has 0 aliphatic carbocycles. The number of amides is 1. The molecule has 0 radical (unpaired) electrons. The lowest BCUT2D eigenvalue weighted by Crippen LogP contribution is -2.39. The number of ether oxygens (including phenoxy) is 1. The van der Waals surface area contributed by atoms with E-state index in [0.29, 0.717) is 31.2 Å². The summed E-state index contributed by atoms with van der Waals surface area (Å²) in [6.07, 6.45) is 3.36. The minimum Gasteiger partial charge on any atom is -0.480 e. The topological polar surface area (TPSA) is 106 Å². The first-order valence-corrected chi connectivity index (χ1v) is 11.0. The van der Waals surface area contributed by atoms with Gasteiger partial charge in [0.05, 0.1) is 29.8 Å². The lowest BCUT2D eigenvalue weighted by atomic mass is 10.3. The fourth-order valence-corrected chi connectivity index (χ4v) is 4.60. The Kier molecular flexibility index (Phi) is 5.20. The molecule has 1 saturated heterocycles. The Morgan fingerprint density at radius 1 is 1.21 bits per heavy atom. The normalized spacial score (nSPS) is 16.6. The maximum absolute atomic E-state index is 12.9. The summed E-state index contributed by atoms with van der Waals surface area (Å²) < 4.78 is 30.2. The molecule has 1 aliphatic rings. The Bertz CT molecular complexity index is 1140. The van der Waals surface area contributed by atoms with Gasteiger partial charge < -0.3 is 10.1 Å². The monoisotopic (exact) mass is 415 g/mol. The second kappa shape index (κ2) is 7.80. The van der Waals surface area contributed by atoms with E-state index >= 15 is 0 Å². The maximum atomic E-state index is 12.9. The van der Waals surface area contributed by atoms with Crippen LogP contribution in [0.15, 0.2) is 42.7 Å².